The summed E-state index contributed by atoms with van der Waals surface area (Å²) < 4.78 is 1.75. The van der Waals surface area contributed by atoms with Crippen molar-refractivity contribution in [1.29, 1.82) is 0 Å². The molecule has 0 unspecified atom stereocenters. The second-order valence-electron chi connectivity index (χ2n) is 5.59. The maximum atomic E-state index is 11.9. The van der Waals surface area contributed by atoms with Crippen molar-refractivity contribution < 1.29 is 4.79 Å². The molecule has 0 spiro atoms. The van der Waals surface area contributed by atoms with Crippen molar-refractivity contribution in [2.24, 2.45) is 0 Å². The number of tetrazole rings is 1. The summed E-state index contributed by atoms with van der Waals surface area (Å²) in [5.41, 5.74) is -0.182. The molecule has 0 bridgehead atoms. The van der Waals surface area contributed by atoms with E-state index in [1.807, 2.05) is 27.7 Å². The number of thioether (sulfide) groups is 1. The average molecular weight is 269 g/mol. The third kappa shape index (κ3) is 3.22. The van der Waals surface area contributed by atoms with E-state index in [-0.39, 0.29) is 16.7 Å². The summed E-state index contributed by atoms with van der Waals surface area (Å²) in [6.45, 7) is 7.97. The third-order valence-electron chi connectivity index (χ3n) is 2.65. The van der Waals surface area contributed by atoms with Gasteiger partial charge in [0.05, 0.1) is 10.8 Å². The summed E-state index contributed by atoms with van der Waals surface area (Å²) in [4.78, 5) is 11.9. The molecular weight excluding hydrogens is 250 g/mol. The van der Waals surface area contributed by atoms with Gasteiger partial charge in [0.15, 0.2) is 0 Å². The lowest BCUT2D eigenvalue weighted by atomic mass is 10.1. The number of hydrogen-bond acceptors (Lipinski definition) is 5. The molecule has 1 N–H and O–H groups in total. The van der Waals surface area contributed by atoms with Crippen molar-refractivity contribution in [2.75, 3.05) is 0 Å². The van der Waals surface area contributed by atoms with Crippen LogP contribution in [-0.4, -0.2) is 37.4 Å². The summed E-state index contributed by atoms with van der Waals surface area (Å²) in [5.74, 6) is 0.0611. The Morgan fingerprint density at radius 2 is 2.17 bits per heavy atom. The lowest BCUT2D eigenvalue weighted by molar-refractivity contribution is -0.120. The number of nitrogens with one attached hydrogen (secondary N) is 1. The number of rotatable bonds is 4. The van der Waals surface area contributed by atoms with Gasteiger partial charge in [-0.05, 0) is 51.0 Å². The highest BCUT2D eigenvalue weighted by Gasteiger charge is 2.28. The van der Waals surface area contributed by atoms with Gasteiger partial charge < -0.3 is 5.32 Å². The van der Waals surface area contributed by atoms with E-state index in [2.05, 4.69) is 20.8 Å². The third-order valence-corrected chi connectivity index (χ3v) is 3.68. The van der Waals surface area contributed by atoms with E-state index in [1.54, 1.807) is 4.68 Å². The van der Waals surface area contributed by atoms with Gasteiger partial charge in [-0.15, -0.1) is 5.10 Å². The molecule has 0 aliphatic heterocycles. The summed E-state index contributed by atoms with van der Waals surface area (Å²) in [6.07, 6.45) is 2.20. The Kier molecular flexibility index (Phi) is 3.61. The zero-order valence-electron chi connectivity index (χ0n) is 11.2. The summed E-state index contributed by atoms with van der Waals surface area (Å²) >= 11 is 1.40. The van der Waals surface area contributed by atoms with Crippen LogP contribution in [0.5, 0.6) is 0 Å². The molecule has 0 aromatic carbocycles. The van der Waals surface area contributed by atoms with Gasteiger partial charge in [-0.25, -0.2) is 4.68 Å². The van der Waals surface area contributed by atoms with Crippen LogP contribution in [0.4, 0.5) is 0 Å². The standard InChI is InChI=1S/C11H19N5OS/c1-7(9(17)12-8-5-6-8)18-10-13-14-15-16(10)11(2,3)4/h7-8H,5-6H2,1-4H3,(H,12,17)/t7-/m1/s1. The van der Waals surface area contributed by atoms with E-state index < -0.39 is 0 Å². The Bertz CT molecular complexity index is 435. The number of carbonyl (C=O) groups excluding carboxylic acids is 1. The van der Waals surface area contributed by atoms with E-state index in [4.69, 9.17) is 0 Å². The highest BCUT2D eigenvalue weighted by atomic mass is 32.2. The van der Waals surface area contributed by atoms with Gasteiger partial charge in [-0.3, -0.25) is 4.79 Å². The molecule has 0 saturated heterocycles. The molecule has 1 aliphatic carbocycles. The first-order chi connectivity index (χ1) is 8.38. The lowest BCUT2D eigenvalue weighted by Crippen LogP contribution is -2.33. The Labute approximate surface area is 111 Å². The molecule has 1 aromatic heterocycles. The summed E-state index contributed by atoms with van der Waals surface area (Å²) in [7, 11) is 0. The molecule has 1 saturated carbocycles. The van der Waals surface area contributed by atoms with Crippen molar-refractivity contribution in [3.63, 3.8) is 0 Å². The summed E-state index contributed by atoms with van der Waals surface area (Å²) in [5, 5.41) is 15.1. The second kappa shape index (κ2) is 4.87. The smallest absolute Gasteiger partial charge is 0.233 e. The van der Waals surface area contributed by atoms with Crippen LogP contribution >= 0.6 is 11.8 Å². The average Bonchev–Trinajstić information content (AvgIpc) is 2.92. The Morgan fingerprint density at radius 1 is 1.50 bits per heavy atom. The van der Waals surface area contributed by atoms with E-state index >= 15 is 0 Å². The maximum Gasteiger partial charge on any atom is 0.233 e. The lowest BCUT2D eigenvalue weighted by Gasteiger charge is -2.20. The largest absolute Gasteiger partial charge is 0.352 e. The first-order valence-electron chi connectivity index (χ1n) is 6.14. The van der Waals surface area contributed by atoms with Gasteiger partial charge >= 0.3 is 0 Å². The minimum atomic E-state index is -0.183. The van der Waals surface area contributed by atoms with Gasteiger partial charge in [-0.1, -0.05) is 11.8 Å². The molecule has 1 heterocycles. The second-order valence-corrected chi connectivity index (χ2v) is 6.89. The van der Waals surface area contributed by atoms with Crippen LogP contribution in [0.25, 0.3) is 0 Å². The first kappa shape index (κ1) is 13.3. The Morgan fingerprint density at radius 3 is 2.72 bits per heavy atom. The van der Waals surface area contributed by atoms with Crippen LogP contribution < -0.4 is 5.32 Å². The molecule has 18 heavy (non-hydrogen) atoms. The minimum absolute atomic E-state index is 0.0611. The molecule has 6 nitrogen and oxygen atoms in total. The van der Waals surface area contributed by atoms with Crippen molar-refractivity contribution >= 4 is 17.7 Å². The van der Waals surface area contributed by atoms with E-state index in [9.17, 15) is 4.79 Å². The number of nitrogens with zero attached hydrogens (tertiary/aromatic N) is 4. The monoisotopic (exact) mass is 269 g/mol. The fraction of sp³-hybridized carbons (Fsp3) is 0.818. The molecule has 1 atom stereocenters. The van der Waals surface area contributed by atoms with Crippen LogP contribution in [-0.2, 0) is 10.3 Å². The predicted molar refractivity (Wildman–Crippen MR) is 69.3 cm³/mol. The molecule has 7 heteroatoms. The fourth-order valence-corrected chi connectivity index (χ4v) is 2.42. The fourth-order valence-electron chi connectivity index (χ4n) is 1.43. The van der Waals surface area contributed by atoms with Crippen molar-refractivity contribution in [3.05, 3.63) is 0 Å². The van der Waals surface area contributed by atoms with Crippen molar-refractivity contribution in [1.82, 2.24) is 25.5 Å². The Hall–Kier alpha value is -1.11. The van der Waals surface area contributed by atoms with Crippen LogP contribution in [0.15, 0.2) is 5.16 Å². The molecule has 100 valence electrons. The van der Waals surface area contributed by atoms with Gasteiger partial charge in [0.2, 0.25) is 11.1 Å². The molecule has 1 amide bonds. The number of aromatic nitrogens is 4. The topological polar surface area (TPSA) is 72.7 Å². The first-order valence-corrected chi connectivity index (χ1v) is 7.02. The normalized spacial score (nSPS) is 17.6. The molecule has 2 rings (SSSR count). The highest BCUT2D eigenvalue weighted by Crippen LogP contribution is 2.26. The highest BCUT2D eigenvalue weighted by molar-refractivity contribution is 8.00. The zero-order valence-corrected chi connectivity index (χ0v) is 12.0. The minimum Gasteiger partial charge on any atom is -0.352 e. The number of amides is 1. The zero-order chi connectivity index (χ0) is 13.3. The SMILES string of the molecule is C[C@@H](Sc1nnnn1C(C)(C)C)C(=O)NC1CC1. The quantitative estimate of drug-likeness (QED) is 0.831. The summed E-state index contributed by atoms with van der Waals surface area (Å²) in [6, 6.07) is 0.388. The van der Waals surface area contributed by atoms with Crippen LogP contribution in [0.2, 0.25) is 0 Å². The maximum absolute atomic E-state index is 11.9. The van der Waals surface area contributed by atoms with Gasteiger partial charge in [-0.2, -0.15) is 0 Å². The predicted octanol–water partition coefficient (Wildman–Crippen LogP) is 1.19. The van der Waals surface area contributed by atoms with Crippen LogP contribution in [0.1, 0.15) is 40.5 Å². The van der Waals surface area contributed by atoms with Gasteiger partial charge in [0.25, 0.3) is 0 Å². The van der Waals surface area contributed by atoms with Crippen LogP contribution in [0, 0.1) is 0 Å². The van der Waals surface area contributed by atoms with E-state index in [0.717, 1.165) is 12.8 Å². The van der Waals surface area contributed by atoms with Crippen molar-refractivity contribution in [2.45, 2.75) is 62.5 Å². The van der Waals surface area contributed by atoms with E-state index in [0.29, 0.717) is 11.2 Å². The van der Waals surface area contributed by atoms with E-state index in [1.165, 1.54) is 11.8 Å². The van der Waals surface area contributed by atoms with Gasteiger partial charge in [0, 0.05) is 6.04 Å². The Balaban J connectivity index is 2.00. The molecular formula is C11H19N5OS. The molecule has 1 aliphatic rings. The molecule has 1 fully saturated rings. The van der Waals surface area contributed by atoms with Gasteiger partial charge in [0.1, 0.15) is 0 Å². The van der Waals surface area contributed by atoms with Crippen LogP contribution in [0.3, 0.4) is 0 Å². The molecule has 0 radical (unpaired) electrons. The number of hydrogen-bond donors (Lipinski definition) is 1. The number of carbonyl (C=O) groups is 1. The van der Waals surface area contributed by atoms with Crippen molar-refractivity contribution in [3.8, 4) is 0 Å². The molecule has 1 aromatic rings.